The van der Waals surface area contributed by atoms with Crippen molar-refractivity contribution >= 4 is 25.2 Å². The molecule has 1 aliphatic heterocycles. The maximum absolute atomic E-state index is 12.9. The number of methoxy groups -OCH3 is 1. The molecule has 0 bridgehead atoms. The molecule has 0 spiro atoms. The van der Waals surface area contributed by atoms with E-state index in [0.717, 1.165) is 62.7 Å². The molecular weight excluding hydrogens is 531 g/mol. The number of aliphatic carboxylic acids is 1. The van der Waals surface area contributed by atoms with Gasteiger partial charge in [-0.2, -0.15) is 26.7 Å². The Morgan fingerprint density at radius 3 is 2.41 bits per heavy atom. The van der Waals surface area contributed by atoms with Gasteiger partial charge in [0.15, 0.2) is 6.10 Å². The average molecular weight is 570 g/mol. The number of ether oxygens (including phenoxy) is 3. The van der Waals surface area contributed by atoms with Gasteiger partial charge in [0.25, 0.3) is 0 Å². The van der Waals surface area contributed by atoms with Crippen molar-refractivity contribution in [1.82, 2.24) is 0 Å². The summed E-state index contributed by atoms with van der Waals surface area (Å²) >= 11 is 0. The summed E-state index contributed by atoms with van der Waals surface area (Å²) in [4.78, 5) is 13.5. The first-order chi connectivity index (χ1) is 18.1. The summed E-state index contributed by atoms with van der Waals surface area (Å²) < 4.78 is 55.4. The van der Waals surface area contributed by atoms with Crippen LogP contribution in [0.4, 0.5) is 18.9 Å². The van der Waals surface area contributed by atoms with Crippen LogP contribution in [0.5, 0.6) is 11.5 Å². The van der Waals surface area contributed by atoms with E-state index in [9.17, 15) is 23.1 Å². The molecule has 10 heteroatoms. The topological polar surface area (TPSA) is 68.2 Å². The predicted molar refractivity (Wildman–Crippen MR) is 148 cm³/mol. The third-order valence-electron chi connectivity index (χ3n) is 7.56. The first-order valence-electron chi connectivity index (χ1n) is 13.2. The first kappa shape index (κ1) is 30.9. The Labute approximate surface area is 234 Å². The molecule has 1 saturated heterocycles. The van der Waals surface area contributed by atoms with Gasteiger partial charge in [-0.15, -0.1) is 0 Å². The molecule has 2 atom stereocenters. The fraction of sp³-hybridized carbons (Fsp3) is 0.552. The van der Waals surface area contributed by atoms with E-state index < -0.39 is 18.2 Å². The van der Waals surface area contributed by atoms with Crippen molar-refractivity contribution in [2.24, 2.45) is 11.8 Å². The lowest BCUT2D eigenvalue weighted by atomic mass is 9.91. The summed E-state index contributed by atoms with van der Waals surface area (Å²) in [6.07, 6.45) is -2.21. The average Bonchev–Trinajstić information content (AvgIpc) is 3.74. The molecule has 1 unspecified atom stereocenters. The van der Waals surface area contributed by atoms with Crippen molar-refractivity contribution in [1.29, 1.82) is 0 Å². The zero-order chi connectivity index (χ0) is 27.3. The maximum atomic E-state index is 12.9. The molecule has 0 amide bonds. The fourth-order valence-electron chi connectivity index (χ4n) is 5.03. The zero-order valence-electron chi connectivity index (χ0n) is 22.4. The van der Waals surface area contributed by atoms with Gasteiger partial charge in [-0.05, 0) is 74.1 Å². The molecule has 0 aromatic heterocycles. The number of nitrogens with zero attached hydrogens (tertiary/aromatic N) is 1. The van der Waals surface area contributed by atoms with E-state index in [1.807, 2.05) is 30.3 Å². The lowest BCUT2D eigenvalue weighted by Gasteiger charge is -2.35. The highest BCUT2D eigenvalue weighted by molar-refractivity contribution is 7.59. The van der Waals surface area contributed by atoms with Crippen LogP contribution in [0.25, 0.3) is 0 Å². The summed E-state index contributed by atoms with van der Waals surface area (Å²) in [7, 11) is 1.56. The summed E-state index contributed by atoms with van der Waals surface area (Å²) in [5, 5.41) is 9.31. The molecule has 6 nitrogen and oxygen atoms in total. The van der Waals surface area contributed by atoms with E-state index in [-0.39, 0.29) is 32.4 Å². The molecule has 1 N–H and O–H groups in total. The number of alkyl halides is 3. The number of carbonyl (C=O) groups is 1. The molecule has 2 aliphatic rings. The molecule has 4 rings (SSSR count). The highest BCUT2D eigenvalue weighted by atomic mass is 32.1. The minimum atomic E-state index is -4.40. The minimum absolute atomic E-state index is 0. The molecule has 1 heterocycles. The monoisotopic (exact) mass is 569 g/mol. The van der Waals surface area contributed by atoms with Gasteiger partial charge in [0.05, 0.1) is 26.7 Å². The van der Waals surface area contributed by atoms with Crippen LogP contribution < -0.4 is 14.4 Å². The Kier molecular flexibility index (Phi) is 10.8. The van der Waals surface area contributed by atoms with Crippen LogP contribution in [0.15, 0.2) is 42.5 Å². The lowest BCUT2D eigenvalue weighted by Crippen LogP contribution is -2.36. The minimum Gasteiger partial charge on any atom is -0.497 e. The number of hydrogen-bond acceptors (Lipinski definition) is 5. The van der Waals surface area contributed by atoms with E-state index in [4.69, 9.17) is 14.2 Å². The second-order valence-electron chi connectivity index (χ2n) is 10.3. The number of hydrogen-bond donors (Lipinski definition) is 1. The Balaban J connectivity index is 0.00000420. The highest BCUT2D eigenvalue weighted by Gasteiger charge is 2.37. The van der Waals surface area contributed by atoms with Crippen molar-refractivity contribution in [3.63, 3.8) is 0 Å². The Morgan fingerprint density at radius 1 is 1.08 bits per heavy atom. The van der Waals surface area contributed by atoms with E-state index in [1.54, 1.807) is 19.2 Å². The van der Waals surface area contributed by atoms with Gasteiger partial charge < -0.3 is 24.2 Å². The number of carboxylic acid groups (broad SMARTS) is 1. The summed E-state index contributed by atoms with van der Waals surface area (Å²) in [6.45, 7) is 2.92. The number of anilines is 1. The molecule has 39 heavy (non-hydrogen) atoms. The normalized spacial score (nSPS) is 17.7. The summed E-state index contributed by atoms with van der Waals surface area (Å²) in [5.74, 6) is 1.43. The van der Waals surface area contributed by atoms with Crippen molar-refractivity contribution in [2.75, 3.05) is 31.7 Å². The van der Waals surface area contributed by atoms with E-state index in [2.05, 4.69) is 4.90 Å². The van der Waals surface area contributed by atoms with Crippen LogP contribution in [0.2, 0.25) is 0 Å². The van der Waals surface area contributed by atoms with E-state index in [1.165, 1.54) is 0 Å². The number of halogens is 3. The van der Waals surface area contributed by atoms with Gasteiger partial charge in [-0.3, -0.25) is 4.79 Å². The number of piperidine rings is 1. The quantitative estimate of drug-likeness (QED) is 0.313. The highest BCUT2D eigenvalue weighted by Crippen LogP contribution is 2.45. The first-order valence-corrected chi connectivity index (χ1v) is 13.2. The largest absolute Gasteiger partial charge is 0.497 e. The maximum Gasteiger partial charge on any atom is 0.414 e. The standard InChI is InChI=1S/C29H36F3NO5.H2S/c1-19(29(30,31)32)37-18-23-8-9-24(36-2)15-27(23)33-12-10-20(11-13-33)17-38-25-5-3-4-22(14-25)26(16-28(34)35)21-6-7-21;/h3-5,8-9,14-15,19-21,26H,6-7,10-13,16-18H2,1-2H3,(H,34,35);1H2/t19?,26-;/m0./s1. The molecule has 2 aromatic carbocycles. The van der Waals surface area contributed by atoms with Crippen LogP contribution >= 0.6 is 13.5 Å². The molecular formula is C29H38F3NO5S. The van der Waals surface area contributed by atoms with Crippen LogP contribution in [0, 0.1) is 11.8 Å². The van der Waals surface area contributed by atoms with Crippen molar-refractivity contribution in [3.8, 4) is 11.5 Å². The zero-order valence-corrected chi connectivity index (χ0v) is 23.4. The smallest absolute Gasteiger partial charge is 0.414 e. The molecule has 216 valence electrons. The molecule has 2 aromatic rings. The van der Waals surface area contributed by atoms with Crippen LogP contribution in [0.1, 0.15) is 56.1 Å². The van der Waals surface area contributed by atoms with Crippen LogP contribution in [-0.2, 0) is 16.1 Å². The van der Waals surface area contributed by atoms with Gasteiger partial charge in [-0.1, -0.05) is 18.2 Å². The van der Waals surface area contributed by atoms with Crippen LogP contribution in [0.3, 0.4) is 0 Å². The van der Waals surface area contributed by atoms with Gasteiger partial charge in [0.1, 0.15) is 11.5 Å². The Bertz CT molecular complexity index is 1090. The van der Waals surface area contributed by atoms with Crippen molar-refractivity contribution in [2.45, 2.75) is 63.8 Å². The number of rotatable bonds is 12. The van der Waals surface area contributed by atoms with Gasteiger partial charge in [0, 0.05) is 30.4 Å². The predicted octanol–water partition coefficient (Wildman–Crippen LogP) is 6.54. The SMILES string of the molecule is COc1ccc(COC(C)C(F)(F)F)c(N2CCC(COc3cccc([C@@H](CC(=O)O)C4CC4)c3)CC2)c1.S. The Morgan fingerprint density at radius 2 is 1.79 bits per heavy atom. The van der Waals surface area contributed by atoms with Gasteiger partial charge >= 0.3 is 12.1 Å². The summed E-state index contributed by atoms with van der Waals surface area (Å²) in [6, 6.07) is 13.2. The van der Waals surface area contributed by atoms with E-state index in [0.29, 0.717) is 29.8 Å². The van der Waals surface area contributed by atoms with Crippen molar-refractivity contribution < 1.29 is 37.3 Å². The fourth-order valence-corrected chi connectivity index (χ4v) is 5.03. The molecule has 1 saturated carbocycles. The van der Waals surface area contributed by atoms with Crippen LogP contribution in [-0.4, -0.2) is 50.2 Å². The van der Waals surface area contributed by atoms with Gasteiger partial charge in [0.2, 0.25) is 0 Å². The second kappa shape index (κ2) is 13.7. The van der Waals surface area contributed by atoms with Crippen molar-refractivity contribution in [3.05, 3.63) is 53.6 Å². The van der Waals surface area contributed by atoms with Gasteiger partial charge in [-0.25, -0.2) is 0 Å². The molecule has 0 radical (unpaired) electrons. The summed E-state index contributed by atoms with van der Waals surface area (Å²) in [5.41, 5.74) is 2.55. The number of benzene rings is 2. The molecule has 2 fully saturated rings. The molecule has 1 aliphatic carbocycles. The Hall–Kier alpha value is -2.59. The van der Waals surface area contributed by atoms with E-state index >= 15 is 0 Å². The third kappa shape index (κ3) is 8.70. The second-order valence-corrected chi connectivity index (χ2v) is 10.3. The third-order valence-corrected chi connectivity index (χ3v) is 7.56. The lowest BCUT2D eigenvalue weighted by molar-refractivity contribution is -0.217. The number of carboxylic acids is 1.